The van der Waals surface area contributed by atoms with Crippen LogP contribution in [0.3, 0.4) is 0 Å². The largest absolute Gasteiger partial charge is 0.715 e. The number of rotatable bonds is 0. The fraction of sp³-hybridized carbons (Fsp3) is 0.500. The van der Waals surface area contributed by atoms with Gasteiger partial charge in [-0.1, -0.05) is 0 Å². The summed E-state index contributed by atoms with van der Waals surface area (Å²) in [7, 11) is 0. The van der Waals surface area contributed by atoms with E-state index in [-0.39, 0.29) is 5.71 Å². The summed E-state index contributed by atoms with van der Waals surface area (Å²) < 4.78 is 0.672. The minimum Gasteiger partial charge on any atom is -0.715 e. The molecule has 1 heterocycles. The predicted octanol–water partition coefficient (Wildman–Crippen LogP) is 0.282. The molecule has 10 heavy (non-hydrogen) atoms. The highest BCUT2D eigenvalue weighted by Gasteiger charge is 2.37. The molecule has 0 aliphatic carbocycles. The van der Waals surface area contributed by atoms with Crippen LogP contribution in [0, 0.1) is 16.5 Å². The third-order valence-electron chi connectivity index (χ3n) is 1.53. The third-order valence-corrected chi connectivity index (χ3v) is 1.53. The first-order valence-electron chi connectivity index (χ1n) is 2.87. The number of nitrogens with zero attached hydrogens (tertiary/aromatic N) is 3. The van der Waals surface area contributed by atoms with Crippen LogP contribution in [0.4, 0.5) is 0 Å². The van der Waals surface area contributed by atoms with Crippen LogP contribution in [0.25, 0.3) is 0 Å². The zero-order valence-corrected chi connectivity index (χ0v) is 5.83. The monoisotopic (exact) mass is 137 g/mol. The van der Waals surface area contributed by atoms with Crippen LogP contribution in [-0.2, 0) is 0 Å². The summed E-state index contributed by atoms with van der Waals surface area (Å²) in [5.41, 5.74) is -0.503. The Labute approximate surface area is 58.7 Å². The standard InChI is InChI=1S/C6H7N3O/c1-6(2)5(3-7)8-4-9(6)10/h4H,1-2H3. The van der Waals surface area contributed by atoms with Crippen molar-refractivity contribution in [3.05, 3.63) is 5.21 Å². The van der Waals surface area contributed by atoms with Crippen LogP contribution in [0.2, 0.25) is 0 Å². The van der Waals surface area contributed by atoms with Crippen molar-refractivity contribution in [3.63, 3.8) is 0 Å². The Bertz CT molecular complexity index is 257. The van der Waals surface area contributed by atoms with E-state index in [1.54, 1.807) is 13.8 Å². The molecule has 0 saturated heterocycles. The van der Waals surface area contributed by atoms with Gasteiger partial charge in [0.25, 0.3) is 12.1 Å². The smallest absolute Gasteiger partial charge is 0.286 e. The Hall–Kier alpha value is -1.37. The van der Waals surface area contributed by atoms with E-state index in [4.69, 9.17) is 5.26 Å². The van der Waals surface area contributed by atoms with E-state index in [9.17, 15) is 5.21 Å². The maximum atomic E-state index is 10.9. The molecule has 1 aliphatic heterocycles. The van der Waals surface area contributed by atoms with E-state index in [1.165, 1.54) is 0 Å². The Morgan fingerprint density at radius 2 is 2.40 bits per heavy atom. The quantitative estimate of drug-likeness (QED) is 0.355. The molecular formula is C6H7N3O. The number of hydroxylamine groups is 1. The van der Waals surface area contributed by atoms with Gasteiger partial charge in [-0.05, 0) is 18.8 Å². The minimum absolute atomic E-state index is 0.266. The molecule has 1 aliphatic rings. The molecule has 0 N–H and O–H groups in total. The van der Waals surface area contributed by atoms with Crippen molar-refractivity contribution in [2.45, 2.75) is 19.4 Å². The minimum atomic E-state index is -0.769. The van der Waals surface area contributed by atoms with E-state index in [2.05, 4.69) is 4.99 Å². The third kappa shape index (κ3) is 0.676. The van der Waals surface area contributed by atoms with E-state index >= 15 is 0 Å². The molecule has 0 spiro atoms. The summed E-state index contributed by atoms with van der Waals surface area (Å²) in [6.07, 6.45) is 1.12. The van der Waals surface area contributed by atoms with Crippen LogP contribution in [0.5, 0.6) is 0 Å². The van der Waals surface area contributed by atoms with E-state index in [0.29, 0.717) is 4.74 Å². The van der Waals surface area contributed by atoms with Gasteiger partial charge in [0.05, 0.1) is 0 Å². The summed E-state index contributed by atoms with van der Waals surface area (Å²) in [4.78, 5) is 3.63. The molecular weight excluding hydrogens is 130 g/mol. The first-order valence-corrected chi connectivity index (χ1v) is 2.87. The van der Waals surface area contributed by atoms with Gasteiger partial charge in [0.2, 0.25) is 0 Å². The van der Waals surface area contributed by atoms with Gasteiger partial charge < -0.3 is 5.21 Å². The lowest BCUT2D eigenvalue weighted by Crippen LogP contribution is -2.36. The molecule has 4 heteroatoms. The van der Waals surface area contributed by atoms with E-state index < -0.39 is 5.54 Å². The maximum Gasteiger partial charge on any atom is 0.286 e. The van der Waals surface area contributed by atoms with Crippen molar-refractivity contribution < 1.29 is 4.74 Å². The van der Waals surface area contributed by atoms with Gasteiger partial charge in [0.15, 0.2) is 5.54 Å². The average molecular weight is 137 g/mol. The Morgan fingerprint density at radius 1 is 1.80 bits per heavy atom. The zero-order chi connectivity index (χ0) is 7.78. The van der Waals surface area contributed by atoms with Gasteiger partial charge >= 0.3 is 0 Å². The van der Waals surface area contributed by atoms with Crippen LogP contribution in [-0.4, -0.2) is 22.3 Å². The summed E-state index contributed by atoms with van der Waals surface area (Å²) >= 11 is 0. The van der Waals surface area contributed by atoms with Crippen molar-refractivity contribution in [2.75, 3.05) is 0 Å². The highest BCUT2D eigenvalue weighted by molar-refractivity contribution is 6.09. The molecule has 0 atom stereocenters. The molecule has 0 unspecified atom stereocenters. The van der Waals surface area contributed by atoms with Crippen LogP contribution >= 0.6 is 0 Å². The first kappa shape index (κ1) is 6.75. The van der Waals surface area contributed by atoms with Crippen molar-refractivity contribution in [1.29, 1.82) is 5.26 Å². The fourth-order valence-electron chi connectivity index (χ4n) is 0.683. The van der Waals surface area contributed by atoms with E-state index in [1.807, 2.05) is 6.07 Å². The Morgan fingerprint density at radius 3 is 2.60 bits per heavy atom. The van der Waals surface area contributed by atoms with Gasteiger partial charge in [-0.2, -0.15) is 5.26 Å². The lowest BCUT2D eigenvalue weighted by atomic mass is 10.0. The van der Waals surface area contributed by atoms with Crippen molar-refractivity contribution >= 4 is 12.1 Å². The first-order chi connectivity index (χ1) is 4.59. The number of hydrogen-bond acceptors (Lipinski definition) is 3. The molecule has 0 amide bonds. The number of nitriles is 1. The van der Waals surface area contributed by atoms with Crippen LogP contribution < -0.4 is 0 Å². The number of aliphatic imine (C=N–C) groups is 1. The van der Waals surface area contributed by atoms with Crippen molar-refractivity contribution in [2.24, 2.45) is 4.99 Å². The molecule has 0 radical (unpaired) electrons. The Balaban J connectivity index is 3.03. The van der Waals surface area contributed by atoms with Crippen LogP contribution in [0.15, 0.2) is 4.99 Å². The number of hydrogen-bond donors (Lipinski definition) is 0. The Kier molecular flexibility index (Phi) is 1.22. The summed E-state index contributed by atoms with van der Waals surface area (Å²) in [5.74, 6) is 0. The molecule has 1 rings (SSSR count). The predicted molar refractivity (Wildman–Crippen MR) is 36.8 cm³/mol. The fourth-order valence-corrected chi connectivity index (χ4v) is 0.683. The second-order valence-electron chi connectivity index (χ2n) is 2.59. The molecule has 0 aromatic rings. The van der Waals surface area contributed by atoms with Gasteiger partial charge in [0.1, 0.15) is 6.07 Å². The van der Waals surface area contributed by atoms with Crippen molar-refractivity contribution in [3.8, 4) is 6.07 Å². The average Bonchev–Trinajstić information content (AvgIpc) is 2.10. The van der Waals surface area contributed by atoms with Gasteiger partial charge in [-0.15, -0.1) is 0 Å². The summed E-state index contributed by atoms with van der Waals surface area (Å²) in [5, 5.41) is 19.3. The molecule has 0 aromatic heterocycles. The molecule has 0 saturated carbocycles. The van der Waals surface area contributed by atoms with E-state index in [0.717, 1.165) is 6.34 Å². The normalized spacial score (nSPS) is 21.3. The summed E-state index contributed by atoms with van der Waals surface area (Å²) in [6.45, 7) is 3.32. The highest BCUT2D eigenvalue weighted by Crippen LogP contribution is 2.13. The van der Waals surface area contributed by atoms with Gasteiger partial charge in [-0.3, -0.25) is 4.74 Å². The SMILES string of the molecule is CC1(C)C(C#N)=NC=[N+]1[O-]. The van der Waals surface area contributed by atoms with Gasteiger partial charge in [0, 0.05) is 0 Å². The molecule has 4 nitrogen and oxygen atoms in total. The highest BCUT2D eigenvalue weighted by atomic mass is 16.5. The summed E-state index contributed by atoms with van der Waals surface area (Å²) in [6, 6.07) is 1.86. The maximum absolute atomic E-state index is 10.9. The van der Waals surface area contributed by atoms with Crippen LogP contribution in [0.1, 0.15) is 13.8 Å². The van der Waals surface area contributed by atoms with Crippen molar-refractivity contribution in [1.82, 2.24) is 0 Å². The lowest BCUT2D eigenvalue weighted by molar-refractivity contribution is -0.508. The van der Waals surface area contributed by atoms with Gasteiger partial charge in [-0.25, -0.2) is 0 Å². The zero-order valence-electron chi connectivity index (χ0n) is 5.83. The molecule has 0 aromatic carbocycles. The molecule has 0 fully saturated rings. The topological polar surface area (TPSA) is 62.2 Å². The molecule has 52 valence electrons. The molecule has 0 bridgehead atoms. The lowest BCUT2D eigenvalue weighted by Gasteiger charge is -2.19. The second kappa shape index (κ2) is 1.81. The second-order valence-corrected chi connectivity index (χ2v) is 2.59.